The van der Waals surface area contributed by atoms with Crippen molar-refractivity contribution in [3.63, 3.8) is 0 Å². The van der Waals surface area contributed by atoms with Crippen LogP contribution >= 0.6 is 15.9 Å². The van der Waals surface area contributed by atoms with Gasteiger partial charge in [-0.15, -0.1) is 0 Å². The summed E-state index contributed by atoms with van der Waals surface area (Å²) in [6, 6.07) is 8.54. The van der Waals surface area contributed by atoms with Gasteiger partial charge in [0, 0.05) is 23.6 Å². The highest BCUT2D eigenvalue weighted by Gasteiger charge is 2.16. The van der Waals surface area contributed by atoms with E-state index in [-0.39, 0.29) is 12.1 Å². The molecule has 1 saturated heterocycles. The van der Waals surface area contributed by atoms with Crippen molar-refractivity contribution in [2.24, 2.45) is 0 Å². The van der Waals surface area contributed by atoms with Crippen LogP contribution < -0.4 is 5.32 Å². The van der Waals surface area contributed by atoms with Crippen LogP contribution in [0.2, 0.25) is 0 Å². The summed E-state index contributed by atoms with van der Waals surface area (Å²) in [5.74, 6) is 0. The van der Waals surface area contributed by atoms with E-state index in [9.17, 15) is 5.11 Å². The van der Waals surface area contributed by atoms with Crippen molar-refractivity contribution in [2.45, 2.75) is 31.9 Å². The van der Waals surface area contributed by atoms with E-state index < -0.39 is 0 Å². The maximum absolute atomic E-state index is 10.0. The summed E-state index contributed by atoms with van der Waals surface area (Å²) in [7, 11) is 0. The second-order valence-electron chi connectivity index (χ2n) is 5.35. The Bertz CT molecular complexity index is 393. The Kier molecular flexibility index (Phi) is 5.82. The second kappa shape index (κ2) is 7.39. The van der Waals surface area contributed by atoms with Crippen LogP contribution in [0.5, 0.6) is 0 Å². The molecule has 1 aliphatic rings. The number of hydrogen-bond acceptors (Lipinski definition) is 3. The molecule has 0 amide bonds. The zero-order valence-electron chi connectivity index (χ0n) is 11.5. The van der Waals surface area contributed by atoms with Gasteiger partial charge in [-0.05, 0) is 50.6 Å². The van der Waals surface area contributed by atoms with E-state index in [0.717, 1.165) is 24.1 Å². The maximum Gasteiger partial charge on any atom is 0.0791 e. The number of nitrogens with zero attached hydrogens (tertiary/aromatic N) is 1. The summed E-state index contributed by atoms with van der Waals surface area (Å²) in [4.78, 5) is 2.34. The topological polar surface area (TPSA) is 35.5 Å². The van der Waals surface area contributed by atoms with Crippen LogP contribution in [-0.2, 0) is 0 Å². The lowest BCUT2D eigenvalue weighted by Gasteiger charge is -2.22. The van der Waals surface area contributed by atoms with Crippen LogP contribution in [-0.4, -0.2) is 42.3 Å². The number of aliphatic hydroxyl groups excluding tert-OH is 1. The molecule has 1 aromatic carbocycles. The number of halogens is 1. The standard InChI is InChI=1S/C15H23BrN2O/c1-12(13-5-4-6-14(16)9-13)17-10-15(19)11-18-7-2-3-8-18/h4-6,9,12,15,17,19H,2-3,7-8,10-11H2,1H3/t12-,15?/m1/s1. The van der Waals surface area contributed by atoms with Crippen LogP contribution in [0.3, 0.4) is 0 Å². The first-order chi connectivity index (χ1) is 9.15. The summed E-state index contributed by atoms with van der Waals surface area (Å²) in [5, 5.41) is 13.4. The lowest BCUT2D eigenvalue weighted by molar-refractivity contribution is 0.121. The Morgan fingerprint density at radius 1 is 1.37 bits per heavy atom. The molecule has 0 saturated carbocycles. The van der Waals surface area contributed by atoms with E-state index in [2.05, 4.69) is 45.2 Å². The molecule has 1 aliphatic heterocycles. The molecule has 2 atom stereocenters. The largest absolute Gasteiger partial charge is 0.390 e. The third-order valence-electron chi connectivity index (χ3n) is 3.68. The lowest BCUT2D eigenvalue weighted by atomic mass is 10.1. The number of rotatable bonds is 6. The first-order valence-corrected chi connectivity index (χ1v) is 7.83. The van der Waals surface area contributed by atoms with Gasteiger partial charge in [0.25, 0.3) is 0 Å². The molecule has 19 heavy (non-hydrogen) atoms. The highest BCUT2D eigenvalue weighted by molar-refractivity contribution is 9.10. The van der Waals surface area contributed by atoms with Gasteiger partial charge < -0.3 is 15.3 Å². The molecule has 1 aromatic rings. The fourth-order valence-electron chi connectivity index (χ4n) is 2.53. The number of β-amino-alcohol motifs (C(OH)–C–C–N with tert-alkyl or cyclic N) is 1. The minimum Gasteiger partial charge on any atom is -0.390 e. The van der Waals surface area contributed by atoms with E-state index in [0.29, 0.717) is 6.54 Å². The number of likely N-dealkylation sites (tertiary alicyclic amines) is 1. The van der Waals surface area contributed by atoms with Gasteiger partial charge >= 0.3 is 0 Å². The van der Waals surface area contributed by atoms with Gasteiger partial charge in [-0.25, -0.2) is 0 Å². The van der Waals surface area contributed by atoms with Gasteiger partial charge in [-0.3, -0.25) is 0 Å². The molecule has 0 bridgehead atoms. The molecule has 1 fully saturated rings. The SMILES string of the molecule is C[C@@H](NCC(O)CN1CCCC1)c1cccc(Br)c1. The minimum atomic E-state index is -0.285. The number of nitrogens with one attached hydrogen (secondary N) is 1. The molecule has 0 aliphatic carbocycles. The van der Waals surface area contributed by atoms with Crippen molar-refractivity contribution < 1.29 is 5.11 Å². The highest BCUT2D eigenvalue weighted by Crippen LogP contribution is 2.17. The molecule has 3 nitrogen and oxygen atoms in total. The fraction of sp³-hybridized carbons (Fsp3) is 0.600. The monoisotopic (exact) mass is 326 g/mol. The molecule has 2 rings (SSSR count). The van der Waals surface area contributed by atoms with E-state index in [4.69, 9.17) is 0 Å². The number of aliphatic hydroxyl groups is 1. The molecule has 1 heterocycles. The van der Waals surface area contributed by atoms with Crippen LogP contribution in [0.4, 0.5) is 0 Å². The fourth-order valence-corrected chi connectivity index (χ4v) is 2.95. The summed E-state index contributed by atoms with van der Waals surface area (Å²) in [6.45, 7) is 5.84. The van der Waals surface area contributed by atoms with E-state index in [1.807, 2.05) is 12.1 Å². The van der Waals surface area contributed by atoms with Gasteiger partial charge in [0.2, 0.25) is 0 Å². The number of hydrogen-bond donors (Lipinski definition) is 2. The zero-order valence-corrected chi connectivity index (χ0v) is 13.1. The lowest BCUT2D eigenvalue weighted by Crippen LogP contribution is -2.37. The zero-order chi connectivity index (χ0) is 13.7. The predicted molar refractivity (Wildman–Crippen MR) is 82.2 cm³/mol. The first-order valence-electron chi connectivity index (χ1n) is 7.04. The van der Waals surface area contributed by atoms with E-state index in [1.165, 1.54) is 18.4 Å². The molecule has 106 valence electrons. The van der Waals surface area contributed by atoms with Crippen LogP contribution in [0, 0.1) is 0 Å². The Labute approximate surface area is 124 Å². The van der Waals surface area contributed by atoms with Crippen molar-refractivity contribution in [2.75, 3.05) is 26.2 Å². The molecular weight excluding hydrogens is 304 g/mol. The van der Waals surface area contributed by atoms with Crippen LogP contribution in [0.15, 0.2) is 28.7 Å². The minimum absolute atomic E-state index is 0.255. The van der Waals surface area contributed by atoms with Crippen LogP contribution in [0.25, 0.3) is 0 Å². The summed E-state index contributed by atoms with van der Waals surface area (Å²) < 4.78 is 1.09. The Balaban J connectivity index is 1.74. The van der Waals surface area contributed by atoms with E-state index >= 15 is 0 Å². The molecule has 1 unspecified atom stereocenters. The van der Waals surface area contributed by atoms with Crippen molar-refractivity contribution in [1.82, 2.24) is 10.2 Å². The van der Waals surface area contributed by atoms with Gasteiger partial charge in [0.05, 0.1) is 6.10 Å². The Morgan fingerprint density at radius 2 is 2.11 bits per heavy atom. The van der Waals surface area contributed by atoms with Crippen molar-refractivity contribution in [3.8, 4) is 0 Å². The van der Waals surface area contributed by atoms with Gasteiger partial charge in [0.1, 0.15) is 0 Å². The molecule has 0 aromatic heterocycles. The van der Waals surface area contributed by atoms with Crippen molar-refractivity contribution >= 4 is 15.9 Å². The predicted octanol–water partition coefficient (Wildman–Crippen LogP) is 2.56. The second-order valence-corrected chi connectivity index (χ2v) is 6.26. The van der Waals surface area contributed by atoms with E-state index in [1.54, 1.807) is 0 Å². The molecule has 0 radical (unpaired) electrons. The first kappa shape index (κ1) is 15.0. The van der Waals surface area contributed by atoms with Gasteiger partial charge in [-0.2, -0.15) is 0 Å². The van der Waals surface area contributed by atoms with Crippen molar-refractivity contribution in [3.05, 3.63) is 34.3 Å². The average molecular weight is 327 g/mol. The normalized spacial score (nSPS) is 19.5. The van der Waals surface area contributed by atoms with Crippen LogP contribution in [0.1, 0.15) is 31.4 Å². The van der Waals surface area contributed by atoms with Crippen molar-refractivity contribution in [1.29, 1.82) is 0 Å². The third kappa shape index (κ3) is 4.88. The summed E-state index contributed by atoms with van der Waals surface area (Å²) >= 11 is 3.49. The maximum atomic E-state index is 10.0. The Hall–Kier alpha value is -0.420. The summed E-state index contributed by atoms with van der Waals surface area (Å²) in [6.07, 6.45) is 2.26. The molecular formula is C15H23BrN2O. The quantitative estimate of drug-likeness (QED) is 0.843. The molecule has 0 spiro atoms. The smallest absolute Gasteiger partial charge is 0.0791 e. The van der Waals surface area contributed by atoms with Gasteiger partial charge in [0.15, 0.2) is 0 Å². The highest BCUT2D eigenvalue weighted by atomic mass is 79.9. The summed E-state index contributed by atoms with van der Waals surface area (Å²) in [5.41, 5.74) is 1.24. The van der Waals surface area contributed by atoms with Gasteiger partial charge in [-0.1, -0.05) is 28.1 Å². The Morgan fingerprint density at radius 3 is 2.79 bits per heavy atom. The average Bonchev–Trinajstić information content (AvgIpc) is 2.88. The third-order valence-corrected chi connectivity index (χ3v) is 4.17. The molecule has 4 heteroatoms. The molecule has 2 N–H and O–H groups in total. The number of benzene rings is 1.